The van der Waals surface area contributed by atoms with Crippen LogP contribution in [0.5, 0.6) is 11.5 Å². The molecule has 104 valence electrons. The minimum Gasteiger partial charge on any atom is -0.478 e. The second kappa shape index (κ2) is 5.97. The number of benzene rings is 2. The summed E-state index contributed by atoms with van der Waals surface area (Å²) < 4.78 is 5.65. The number of carboxylic acids is 1. The van der Waals surface area contributed by atoms with E-state index in [0.29, 0.717) is 17.4 Å². The van der Waals surface area contributed by atoms with Gasteiger partial charge in [0.15, 0.2) is 0 Å². The monoisotopic (exact) mass is 290 g/mol. The van der Waals surface area contributed by atoms with Gasteiger partial charge in [0.25, 0.3) is 0 Å². The maximum Gasteiger partial charge on any atom is 0.335 e. The summed E-state index contributed by atoms with van der Waals surface area (Å²) in [5, 5.41) is 9.15. The summed E-state index contributed by atoms with van der Waals surface area (Å²) >= 11 is 6.02. The van der Waals surface area contributed by atoms with Gasteiger partial charge in [-0.15, -0.1) is 0 Å². The number of aromatic carboxylic acids is 1. The Morgan fingerprint density at radius 1 is 1.15 bits per heavy atom. The van der Waals surface area contributed by atoms with E-state index in [1.54, 1.807) is 6.07 Å². The average molecular weight is 291 g/mol. The minimum absolute atomic E-state index is 0.137. The van der Waals surface area contributed by atoms with Crippen molar-refractivity contribution in [2.45, 2.75) is 19.8 Å². The lowest BCUT2D eigenvalue weighted by Crippen LogP contribution is -1.96. The van der Waals surface area contributed by atoms with E-state index in [4.69, 9.17) is 21.4 Å². The maximum absolute atomic E-state index is 10.8. The van der Waals surface area contributed by atoms with Gasteiger partial charge in [-0.1, -0.05) is 37.6 Å². The van der Waals surface area contributed by atoms with Crippen LogP contribution in [0.2, 0.25) is 5.02 Å². The van der Waals surface area contributed by atoms with Gasteiger partial charge in [0.05, 0.1) is 10.6 Å². The molecule has 0 heterocycles. The highest BCUT2D eigenvalue weighted by atomic mass is 35.5. The van der Waals surface area contributed by atoms with E-state index in [1.165, 1.54) is 17.7 Å². The topological polar surface area (TPSA) is 46.5 Å². The van der Waals surface area contributed by atoms with Crippen LogP contribution in [0.25, 0.3) is 0 Å². The molecule has 0 aliphatic rings. The molecule has 3 nitrogen and oxygen atoms in total. The Bertz CT molecular complexity index is 618. The zero-order valence-electron chi connectivity index (χ0n) is 11.3. The maximum atomic E-state index is 10.8. The van der Waals surface area contributed by atoms with E-state index in [9.17, 15) is 4.79 Å². The summed E-state index contributed by atoms with van der Waals surface area (Å²) in [6.07, 6.45) is 0. The van der Waals surface area contributed by atoms with Gasteiger partial charge in [0.2, 0.25) is 0 Å². The summed E-state index contributed by atoms with van der Waals surface area (Å²) in [7, 11) is 0. The lowest BCUT2D eigenvalue weighted by molar-refractivity contribution is 0.0697. The smallest absolute Gasteiger partial charge is 0.335 e. The van der Waals surface area contributed by atoms with Crippen LogP contribution >= 0.6 is 11.6 Å². The van der Waals surface area contributed by atoms with Crippen LogP contribution in [0, 0.1) is 0 Å². The van der Waals surface area contributed by atoms with Crippen LogP contribution in [-0.4, -0.2) is 11.1 Å². The van der Waals surface area contributed by atoms with Gasteiger partial charge in [0, 0.05) is 0 Å². The molecule has 0 aliphatic heterocycles. The summed E-state index contributed by atoms with van der Waals surface area (Å²) in [6.45, 7) is 4.24. The standard InChI is InChI=1S/C16H15ClO3/c1-10(2)11-3-6-13(7-4-11)20-15-8-5-12(16(18)19)9-14(15)17/h3-10H,1-2H3,(H,18,19). The van der Waals surface area contributed by atoms with E-state index in [0.717, 1.165) is 0 Å². The van der Waals surface area contributed by atoms with Crippen molar-refractivity contribution in [2.24, 2.45) is 0 Å². The number of halogens is 1. The SMILES string of the molecule is CC(C)c1ccc(Oc2ccc(C(=O)O)cc2Cl)cc1. The Balaban J connectivity index is 2.19. The van der Waals surface area contributed by atoms with Crippen molar-refractivity contribution in [2.75, 3.05) is 0 Å². The first-order valence-electron chi connectivity index (χ1n) is 6.28. The molecule has 4 heteroatoms. The van der Waals surface area contributed by atoms with E-state index in [-0.39, 0.29) is 10.6 Å². The molecule has 0 saturated carbocycles. The van der Waals surface area contributed by atoms with Gasteiger partial charge in [-0.2, -0.15) is 0 Å². The zero-order valence-corrected chi connectivity index (χ0v) is 12.0. The average Bonchev–Trinajstić information content (AvgIpc) is 2.41. The fraction of sp³-hybridized carbons (Fsp3) is 0.188. The molecule has 0 amide bonds. The quantitative estimate of drug-likeness (QED) is 0.866. The molecular weight excluding hydrogens is 276 g/mol. The molecule has 0 aromatic heterocycles. The number of hydrogen-bond donors (Lipinski definition) is 1. The molecule has 0 fully saturated rings. The van der Waals surface area contributed by atoms with E-state index in [2.05, 4.69) is 13.8 Å². The predicted octanol–water partition coefficient (Wildman–Crippen LogP) is 4.95. The molecule has 0 unspecified atom stereocenters. The molecule has 2 rings (SSSR count). The number of hydrogen-bond acceptors (Lipinski definition) is 2. The molecule has 1 N–H and O–H groups in total. The van der Waals surface area contributed by atoms with Gasteiger partial charge < -0.3 is 9.84 Å². The van der Waals surface area contributed by atoms with Gasteiger partial charge in [-0.05, 0) is 41.8 Å². The van der Waals surface area contributed by atoms with Crippen LogP contribution in [0.1, 0.15) is 35.7 Å². The summed E-state index contributed by atoms with van der Waals surface area (Å²) in [5.74, 6) is 0.551. The molecule has 0 saturated heterocycles. The molecule has 20 heavy (non-hydrogen) atoms. The molecular formula is C16H15ClO3. The molecule has 2 aromatic rings. The number of ether oxygens (including phenoxy) is 1. The lowest BCUT2D eigenvalue weighted by Gasteiger charge is -2.10. The van der Waals surface area contributed by atoms with Gasteiger partial charge in [-0.3, -0.25) is 0 Å². The van der Waals surface area contributed by atoms with Crippen LogP contribution in [0.15, 0.2) is 42.5 Å². The molecule has 0 radical (unpaired) electrons. The minimum atomic E-state index is -1.01. The third-order valence-corrected chi connectivity index (χ3v) is 3.25. The van der Waals surface area contributed by atoms with Crippen molar-refractivity contribution >= 4 is 17.6 Å². The second-order valence-corrected chi connectivity index (χ2v) is 5.18. The Hall–Kier alpha value is -2.00. The Kier molecular flexibility index (Phi) is 4.30. The first-order valence-corrected chi connectivity index (χ1v) is 6.66. The number of carboxylic acid groups (broad SMARTS) is 1. The Morgan fingerprint density at radius 3 is 2.30 bits per heavy atom. The zero-order chi connectivity index (χ0) is 14.7. The second-order valence-electron chi connectivity index (χ2n) is 4.78. The third kappa shape index (κ3) is 3.31. The molecule has 0 atom stereocenters. The van der Waals surface area contributed by atoms with Crippen LogP contribution in [0.3, 0.4) is 0 Å². The highest BCUT2D eigenvalue weighted by molar-refractivity contribution is 6.32. The van der Waals surface area contributed by atoms with Crippen LogP contribution in [0.4, 0.5) is 0 Å². The first kappa shape index (κ1) is 14.4. The van der Waals surface area contributed by atoms with Crippen molar-refractivity contribution < 1.29 is 14.6 Å². The molecule has 0 aliphatic carbocycles. The molecule has 2 aromatic carbocycles. The summed E-state index contributed by atoms with van der Waals surface area (Å²) in [6, 6.07) is 12.1. The number of carbonyl (C=O) groups is 1. The van der Waals surface area contributed by atoms with Crippen molar-refractivity contribution in [3.63, 3.8) is 0 Å². The van der Waals surface area contributed by atoms with Crippen molar-refractivity contribution in [3.05, 3.63) is 58.6 Å². The van der Waals surface area contributed by atoms with E-state index < -0.39 is 5.97 Å². The highest BCUT2D eigenvalue weighted by Gasteiger charge is 2.09. The lowest BCUT2D eigenvalue weighted by atomic mass is 10.0. The fourth-order valence-electron chi connectivity index (χ4n) is 1.76. The Labute approximate surface area is 122 Å². The third-order valence-electron chi connectivity index (χ3n) is 2.95. The van der Waals surface area contributed by atoms with Crippen molar-refractivity contribution in [1.82, 2.24) is 0 Å². The van der Waals surface area contributed by atoms with Gasteiger partial charge in [0.1, 0.15) is 11.5 Å². The van der Waals surface area contributed by atoms with Gasteiger partial charge >= 0.3 is 5.97 Å². The van der Waals surface area contributed by atoms with E-state index >= 15 is 0 Å². The number of rotatable bonds is 4. The summed E-state index contributed by atoms with van der Waals surface area (Å²) in [5.41, 5.74) is 1.36. The van der Waals surface area contributed by atoms with E-state index in [1.807, 2.05) is 24.3 Å². The van der Waals surface area contributed by atoms with Crippen LogP contribution in [-0.2, 0) is 0 Å². The summed E-state index contributed by atoms with van der Waals surface area (Å²) in [4.78, 5) is 10.8. The van der Waals surface area contributed by atoms with Gasteiger partial charge in [-0.25, -0.2) is 4.79 Å². The van der Waals surface area contributed by atoms with Crippen molar-refractivity contribution in [1.29, 1.82) is 0 Å². The fourth-order valence-corrected chi connectivity index (χ4v) is 1.98. The molecule has 0 spiro atoms. The Morgan fingerprint density at radius 2 is 1.80 bits per heavy atom. The molecule has 0 bridgehead atoms. The predicted molar refractivity (Wildman–Crippen MR) is 79.0 cm³/mol. The largest absolute Gasteiger partial charge is 0.478 e. The highest BCUT2D eigenvalue weighted by Crippen LogP contribution is 2.30. The normalized spacial score (nSPS) is 10.6. The van der Waals surface area contributed by atoms with Crippen molar-refractivity contribution in [3.8, 4) is 11.5 Å². The first-order chi connectivity index (χ1) is 9.47. The van der Waals surface area contributed by atoms with Crippen LogP contribution < -0.4 is 4.74 Å².